The summed E-state index contributed by atoms with van der Waals surface area (Å²) in [6.45, 7) is 6.53. The first-order valence-electron chi connectivity index (χ1n) is 2.90. The van der Waals surface area contributed by atoms with Crippen LogP contribution in [0.5, 0.6) is 0 Å². The zero-order valence-electron chi connectivity index (χ0n) is 5.54. The molecule has 0 amide bonds. The fourth-order valence-corrected chi connectivity index (χ4v) is 0.689. The van der Waals surface area contributed by atoms with Crippen LogP contribution in [-0.4, -0.2) is 6.29 Å². The molecule has 0 aliphatic carbocycles. The molecule has 0 fully saturated rings. The first kappa shape index (κ1) is 7.42. The normalized spacial score (nSPS) is 8.73. The molecule has 0 radical (unpaired) electrons. The van der Waals surface area contributed by atoms with Crippen molar-refractivity contribution in [3.63, 3.8) is 0 Å². The summed E-state index contributed by atoms with van der Waals surface area (Å²) in [5.41, 5.74) is 0.201. The molecule has 0 bridgehead atoms. The fourth-order valence-electron chi connectivity index (χ4n) is 0.689. The van der Waals surface area contributed by atoms with Crippen LogP contribution >= 0.6 is 0 Å². The number of nitrogens with zero attached hydrogens (tertiary/aromatic N) is 1. The highest BCUT2D eigenvalue weighted by molar-refractivity contribution is 5.77. The summed E-state index contributed by atoms with van der Waals surface area (Å²) in [6.07, 6.45) is 0.577. The standard InChI is InChI=1S/C8H4FNO/c1-10-8-4-6(5-11)2-3-7(8)9/h2-5H. The Morgan fingerprint density at radius 3 is 2.82 bits per heavy atom. The van der Waals surface area contributed by atoms with Crippen LogP contribution in [0.1, 0.15) is 10.4 Å². The molecule has 0 heterocycles. The van der Waals surface area contributed by atoms with Crippen LogP contribution in [0.3, 0.4) is 0 Å². The Labute approximate surface area is 63.1 Å². The predicted molar refractivity (Wildman–Crippen MR) is 38.0 cm³/mol. The van der Waals surface area contributed by atoms with Gasteiger partial charge in [0.1, 0.15) is 12.1 Å². The second kappa shape index (κ2) is 2.93. The molecule has 11 heavy (non-hydrogen) atoms. The van der Waals surface area contributed by atoms with E-state index in [0.717, 1.165) is 6.07 Å². The zero-order valence-corrected chi connectivity index (χ0v) is 5.54. The van der Waals surface area contributed by atoms with Crippen molar-refractivity contribution >= 4 is 12.0 Å². The molecular formula is C8H4FNO. The van der Waals surface area contributed by atoms with Gasteiger partial charge in [0, 0.05) is 5.56 Å². The number of carbonyl (C=O) groups is 1. The Morgan fingerprint density at radius 2 is 2.27 bits per heavy atom. The van der Waals surface area contributed by atoms with E-state index < -0.39 is 5.82 Å². The smallest absolute Gasteiger partial charge is 0.222 e. The van der Waals surface area contributed by atoms with Crippen LogP contribution in [-0.2, 0) is 0 Å². The summed E-state index contributed by atoms with van der Waals surface area (Å²) < 4.78 is 12.6. The van der Waals surface area contributed by atoms with Crippen LogP contribution in [0, 0.1) is 12.4 Å². The lowest BCUT2D eigenvalue weighted by Crippen LogP contribution is -1.80. The number of carbonyl (C=O) groups excluding carboxylic acids is 1. The van der Waals surface area contributed by atoms with Crippen molar-refractivity contribution in [1.82, 2.24) is 0 Å². The maximum atomic E-state index is 12.6. The van der Waals surface area contributed by atoms with Gasteiger partial charge in [-0.05, 0) is 12.1 Å². The highest BCUT2D eigenvalue weighted by Crippen LogP contribution is 2.17. The summed E-state index contributed by atoms with van der Waals surface area (Å²) >= 11 is 0. The van der Waals surface area contributed by atoms with Gasteiger partial charge in [-0.1, -0.05) is 6.07 Å². The Balaban J connectivity index is 3.25. The molecule has 0 unspecified atom stereocenters. The maximum absolute atomic E-state index is 12.6. The number of halogens is 1. The van der Waals surface area contributed by atoms with E-state index in [1.54, 1.807) is 0 Å². The first-order chi connectivity index (χ1) is 5.27. The van der Waals surface area contributed by atoms with E-state index in [1.165, 1.54) is 12.1 Å². The first-order valence-corrected chi connectivity index (χ1v) is 2.90. The van der Waals surface area contributed by atoms with Gasteiger partial charge in [0.15, 0.2) is 0 Å². The summed E-state index contributed by atoms with van der Waals surface area (Å²) in [4.78, 5) is 13.1. The Bertz CT molecular complexity index is 327. The molecule has 0 N–H and O–H groups in total. The molecule has 0 saturated heterocycles. The summed E-state index contributed by atoms with van der Waals surface area (Å²) in [7, 11) is 0. The fraction of sp³-hybridized carbons (Fsp3) is 0. The lowest BCUT2D eigenvalue weighted by atomic mass is 10.2. The van der Waals surface area contributed by atoms with E-state index in [-0.39, 0.29) is 5.69 Å². The van der Waals surface area contributed by atoms with E-state index in [2.05, 4.69) is 4.85 Å². The van der Waals surface area contributed by atoms with Crippen molar-refractivity contribution in [3.05, 3.63) is 41.0 Å². The highest BCUT2D eigenvalue weighted by Gasteiger charge is 2.00. The molecule has 0 saturated carbocycles. The number of hydrogen-bond donors (Lipinski definition) is 0. The molecule has 54 valence electrons. The molecule has 1 aromatic rings. The topological polar surface area (TPSA) is 21.4 Å². The number of rotatable bonds is 1. The average Bonchev–Trinajstić information content (AvgIpc) is 2.05. The van der Waals surface area contributed by atoms with Crippen molar-refractivity contribution in [3.8, 4) is 0 Å². The third-order valence-corrected chi connectivity index (χ3v) is 1.23. The van der Waals surface area contributed by atoms with Crippen LogP contribution in [0.4, 0.5) is 10.1 Å². The van der Waals surface area contributed by atoms with Crippen molar-refractivity contribution < 1.29 is 9.18 Å². The van der Waals surface area contributed by atoms with E-state index >= 15 is 0 Å². The Hall–Kier alpha value is -1.69. The number of hydrogen-bond acceptors (Lipinski definition) is 1. The quantitative estimate of drug-likeness (QED) is 0.443. The number of aldehydes is 1. The third-order valence-electron chi connectivity index (χ3n) is 1.23. The van der Waals surface area contributed by atoms with Crippen molar-refractivity contribution in [2.24, 2.45) is 0 Å². The molecule has 1 aromatic carbocycles. The lowest BCUT2D eigenvalue weighted by molar-refractivity contribution is 0.112. The second-order valence-electron chi connectivity index (χ2n) is 1.94. The van der Waals surface area contributed by atoms with Crippen LogP contribution in [0.2, 0.25) is 0 Å². The average molecular weight is 149 g/mol. The molecule has 0 atom stereocenters. The molecule has 0 spiro atoms. The lowest BCUT2D eigenvalue weighted by Gasteiger charge is -1.92. The van der Waals surface area contributed by atoms with Crippen LogP contribution in [0.25, 0.3) is 4.85 Å². The highest BCUT2D eigenvalue weighted by atomic mass is 19.1. The summed E-state index contributed by atoms with van der Waals surface area (Å²) in [5.74, 6) is -0.592. The van der Waals surface area contributed by atoms with E-state index in [1.807, 2.05) is 0 Å². The van der Waals surface area contributed by atoms with Gasteiger partial charge in [-0.2, -0.15) is 0 Å². The van der Waals surface area contributed by atoms with Crippen LogP contribution in [0.15, 0.2) is 18.2 Å². The molecule has 0 aromatic heterocycles. The molecule has 0 aliphatic heterocycles. The van der Waals surface area contributed by atoms with E-state index in [9.17, 15) is 9.18 Å². The third kappa shape index (κ3) is 1.41. The largest absolute Gasteiger partial charge is 0.298 e. The minimum atomic E-state index is -0.592. The monoisotopic (exact) mass is 149 g/mol. The van der Waals surface area contributed by atoms with Gasteiger partial charge in [-0.25, -0.2) is 9.24 Å². The van der Waals surface area contributed by atoms with Gasteiger partial charge in [0.25, 0.3) is 0 Å². The molecule has 3 heteroatoms. The van der Waals surface area contributed by atoms with Gasteiger partial charge in [-0.15, -0.1) is 0 Å². The van der Waals surface area contributed by atoms with Gasteiger partial charge in [-0.3, -0.25) is 4.79 Å². The second-order valence-corrected chi connectivity index (χ2v) is 1.94. The van der Waals surface area contributed by atoms with E-state index in [4.69, 9.17) is 6.57 Å². The van der Waals surface area contributed by atoms with Gasteiger partial charge >= 0.3 is 0 Å². The van der Waals surface area contributed by atoms with Gasteiger partial charge in [0.2, 0.25) is 5.69 Å². The van der Waals surface area contributed by atoms with Gasteiger partial charge < -0.3 is 0 Å². The molecule has 0 aliphatic rings. The Morgan fingerprint density at radius 1 is 1.55 bits per heavy atom. The SMILES string of the molecule is [C-]#[N+]c1cc(C=O)ccc1F. The summed E-state index contributed by atoms with van der Waals surface area (Å²) in [5, 5.41) is 0. The Kier molecular flexibility index (Phi) is 1.98. The predicted octanol–water partition coefficient (Wildman–Crippen LogP) is 2.19. The number of benzene rings is 1. The maximum Gasteiger partial charge on any atom is 0.222 e. The van der Waals surface area contributed by atoms with E-state index in [0.29, 0.717) is 11.8 Å². The zero-order chi connectivity index (χ0) is 8.27. The minimum absolute atomic E-state index is 0.116. The van der Waals surface area contributed by atoms with Crippen molar-refractivity contribution in [2.75, 3.05) is 0 Å². The van der Waals surface area contributed by atoms with Gasteiger partial charge in [0.05, 0.1) is 6.57 Å². The summed E-state index contributed by atoms with van der Waals surface area (Å²) in [6, 6.07) is 3.66. The van der Waals surface area contributed by atoms with Crippen molar-refractivity contribution in [2.45, 2.75) is 0 Å². The van der Waals surface area contributed by atoms with Crippen LogP contribution < -0.4 is 0 Å². The molecular weight excluding hydrogens is 145 g/mol. The van der Waals surface area contributed by atoms with Crippen molar-refractivity contribution in [1.29, 1.82) is 0 Å². The molecule has 2 nitrogen and oxygen atoms in total. The minimum Gasteiger partial charge on any atom is -0.298 e. The molecule has 1 rings (SSSR count).